The van der Waals surface area contributed by atoms with E-state index in [1.54, 1.807) is 0 Å². The maximum atomic E-state index is 9.88. The molecule has 0 radical (unpaired) electrons. The van der Waals surface area contributed by atoms with Gasteiger partial charge >= 0.3 is 0 Å². The van der Waals surface area contributed by atoms with E-state index in [2.05, 4.69) is 12.2 Å². The Labute approximate surface area is 105 Å². The van der Waals surface area contributed by atoms with E-state index in [1.165, 1.54) is 32.1 Å². The average molecular weight is 241 g/mol. The molecule has 2 rings (SSSR count). The van der Waals surface area contributed by atoms with E-state index in [0.717, 1.165) is 26.0 Å². The standard InChI is InChI=1S/C14H27NO2/c1-11-13(8-10-17-11)15-9-4-6-12-5-2-3-7-14(12)16/h11-16H,2-10H2,1H3. The number of aliphatic hydroxyl groups excluding tert-OH is 1. The number of rotatable bonds is 5. The van der Waals surface area contributed by atoms with Crippen molar-refractivity contribution in [1.29, 1.82) is 0 Å². The quantitative estimate of drug-likeness (QED) is 0.724. The fourth-order valence-corrected chi connectivity index (χ4v) is 3.18. The summed E-state index contributed by atoms with van der Waals surface area (Å²) >= 11 is 0. The van der Waals surface area contributed by atoms with Crippen LogP contribution in [0.25, 0.3) is 0 Å². The van der Waals surface area contributed by atoms with Crippen molar-refractivity contribution in [2.45, 2.75) is 70.1 Å². The van der Waals surface area contributed by atoms with Crippen molar-refractivity contribution in [1.82, 2.24) is 5.32 Å². The number of ether oxygens (including phenoxy) is 1. The zero-order valence-electron chi connectivity index (χ0n) is 11.0. The molecule has 1 aliphatic heterocycles. The molecule has 4 unspecified atom stereocenters. The van der Waals surface area contributed by atoms with Crippen LogP contribution < -0.4 is 5.32 Å². The van der Waals surface area contributed by atoms with Gasteiger partial charge in [0.2, 0.25) is 0 Å². The second kappa shape index (κ2) is 6.72. The third kappa shape index (κ3) is 3.94. The summed E-state index contributed by atoms with van der Waals surface area (Å²) in [6.07, 6.45) is 8.62. The third-order valence-corrected chi connectivity index (χ3v) is 4.40. The van der Waals surface area contributed by atoms with Gasteiger partial charge in [-0.05, 0) is 51.5 Å². The molecule has 2 fully saturated rings. The van der Waals surface area contributed by atoms with Gasteiger partial charge in [-0.3, -0.25) is 0 Å². The maximum absolute atomic E-state index is 9.88. The lowest BCUT2D eigenvalue weighted by atomic mass is 9.83. The van der Waals surface area contributed by atoms with Gasteiger partial charge < -0.3 is 15.2 Å². The highest BCUT2D eigenvalue weighted by molar-refractivity contribution is 4.79. The molecule has 3 nitrogen and oxygen atoms in total. The van der Waals surface area contributed by atoms with Gasteiger partial charge in [-0.1, -0.05) is 12.8 Å². The van der Waals surface area contributed by atoms with Gasteiger partial charge in [0.05, 0.1) is 12.2 Å². The molecule has 3 heteroatoms. The summed E-state index contributed by atoms with van der Waals surface area (Å²) in [4.78, 5) is 0. The van der Waals surface area contributed by atoms with Crippen LogP contribution in [0.15, 0.2) is 0 Å². The van der Waals surface area contributed by atoms with Crippen molar-refractivity contribution in [2.75, 3.05) is 13.2 Å². The van der Waals surface area contributed by atoms with E-state index in [-0.39, 0.29) is 6.10 Å². The lowest BCUT2D eigenvalue weighted by Crippen LogP contribution is -2.35. The smallest absolute Gasteiger partial charge is 0.0700 e. The summed E-state index contributed by atoms with van der Waals surface area (Å²) in [6.45, 7) is 4.12. The number of hydrogen-bond donors (Lipinski definition) is 2. The van der Waals surface area contributed by atoms with Gasteiger partial charge in [0, 0.05) is 12.6 Å². The first-order valence-electron chi connectivity index (χ1n) is 7.30. The minimum absolute atomic E-state index is 0.0301. The first kappa shape index (κ1) is 13.3. The Morgan fingerprint density at radius 1 is 1.24 bits per heavy atom. The van der Waals surface area contributed by atoms with Crippen LogP contribution in [-0.2, 0) is 4.74 Å². The maximum Gasteiger partial charge on any atom is 0.0700 e. The van der Waals surface area contributed by atoms with Crippen molar-refractivity contribution in [3.63, 3.8) is 0 Å². The fourth-order valence-electron chi connectivity index (χ4n) is 3.18. The molecule has 1 saturated carbocycles. The monoisotopic (exact) mass is 241 g/mol. The fraction of sp³-hybridized carbons (Fsp3) is 1.00. The van der Waals surface area contributed by atoms with Gasteiger partial charge in [0.15, 0.2) is 0 Å². The molecule has 4 atom stereocenters. The topological polar surface area (TPSA) is 41.5 Å². The molecule has 100 valence electrons. The Bertz CT molecular complexity index is 222. The minimum atomic E-state index is -0.0301. The lowest BCUT2D eigenvalue weighted by molar-refractivity contribution is 0.0639. The summed E-state index contributed by atoms with van der Waals surface area (Å²) in [5.74, 6) is 0.558. The predicted molar refractivity (Wildman–Crippen MR) is 69.0 cm³/mol. The molecule has 2 aliphatic rings. The van der Waals surface area contributed by atoms with Gasteiger partial charge in [-0.2, -0.15) is 0 Å². The highest BCUT2D eigenvalue weighted by Crippen LogP contribution is 2.27. The largest absolute Gasteiger partial charge is 0.393 e. The lowest BCUT2D eigenvalue weighted by Gasteiger charge is -2.27. The first-order valence-corrected chi connectivity index (χ1v) is 7.30. The van der Waals surface area contributed by atoms with Crippen LogP contribution in [0, 0.1) is 5.92 Å². The number of hydrogen-bond acceptors (Lipinski definition) is 3. The Morgan fingerprint density at radius 3 is 2.76 bits per heavy atom. The zero-order chi connectivity index (χ0) is 12.1. The molecule has 2 N–H and O–H groups in total. The van der Waals surface area contributed by atoms with Crippen molar-refractivity contribution in [3.05, 3.63) is 0 Å². The Kier molecular flexibility index (Phi) is 5.26. The summed E-state index contributed by atoms with van der Waals surface area (Å²) in [6, 6.07) is 0.547. The highest BCUT2D eigenvalue weighted by atomic mass is 16.5. The van der Waals surface area contributed by atoms with Crippen LogP contribution >= 0.6 is 0 Å². The van der Waals surface area contributed by atoms with Gasteiger partial charge in [0.1, 0.15) is 0 Å². The van der Waals surface area contributed by atoms with Gasteiger partial charge in [-0.25, -0.2) is 0 Å². The SMILES string of the molecule is CC1OCCC1NCCCC1CCCCC1O. The van der Waals surface area contributed by atoms with Crippen molar-refractivity contribution in [3.8, 4) is 0 Å². The van der Waals surface area contributed by atoms with Crippen molar-refractivity contribution in [2.24, 2.45) is 5.92 Å². The summed E-state index contributed by atoms with van der Waals surface area (Å²) < 4.78 is 5.53. The van der Waals surface area contributed by atoms with E-state index in [0.29, 0.717) is 18.1 Å². The Morgan fingerprint density at radius 2 is 2.06 bits per heavy atom. The molecule has 17 heavy (non-hydrogen) atoms. The average Bonchev–Trinajstić information content (AvgIpc) is 2.73. The predicted octanol–water partition coefficient (Wildman–Crippen LogP) is 2.08. The van der Waals surface area contributed by atoms with E-state index in [1.807, 2.05) is 0 Å². The van der Waals surface area contributed by atoms with Crippen LogP contribution in [0.1, 0.15) is 51.9 Å². The van der Waals surface area contributed by atoms with E-state index < -0.39 is 0 Å². The molecule has 0 amide bonds. The molecule has 0 bridgehead atoms. The molecule has 1 aliphatic carbocycles. The van der Waals surface area contributed by atoms with Gasteiger partial charge in [-0.15, -0.1) is 0 Å². The summed E-state index contributed by atoms with van der Waals surface area (Å²) in [7, 11) is 0. The van der Waals surface area contributed by atoms with Crippen LogP contribution in [-0.4, -0.2) is 36.5 Å². The Hall–Kier alpha value is -0.120. The summed E-state index contributed by atoms with van der Waals surface area (Å²) in [5, 5.41) is 13.5. The van der Waals surface area contributed by atoms with E-state index >= 15 is 0 Å². The molecular formula is C14H27NO2. The molecular weight excluding hydrogens is 214 g/mol. The molecule has 0 aromatic heterocycles. The molecule has 1 saturated heterocycles. The van der Waals surface area contributed by atoms with Crippen LogP contribution in [0.3, 0.4) is 0 Å². The van der Waals surface area contributed by atoms with E-state index in [9.17, 15) is 5.11 Å². The molecule has 0 aromatic rings. The number of nitrogens with one attached hydrogen (secondary N) is 1. The van der Waals surface area contributed by atoms with Crippen molar-refractivity contribution < 1.29 is 9.84 Å². The normalized spacial score (nSPS) is 38.5. The second-order valence-electron chi connectivity index (χ2n) is 5.68. The van der Waals surface area contributed by atoms with Crippen LogP contribution in [0.4, 0.5) is 0 Å². The van der Waals surface area contributed by atoms with Crippen LogP contribution in [0.2, 0.25) is 0 Å². The first-order chi connectivity index (χ1) is 8.27. The number of aliphatic hydroxyl groups is 1. The summed E-state index contributed by atoms with van der Waals surface area (Å²) in [5.41, 5.74) is 0. The third-order valence-electron chi connectivity index (χ3n) is 4.40. The minimum Gasteiger partial charge on any atom is -0.393 e. The van der Waals surface area contributed by atoms with Crippen molar-refractivity contribution >= 4 is 0 Å². The molecule has 0 aromatic carbocycles. The Balaban J connectivity index is 1.56. The van der Waals surface area contributed by atoms with E-state index in [4.69, 9.17) is 4.74 Å². The zero-order valence-corrected chi connectivity index (χ0v) is 11.0. The van der Waals surface area contributed by atoms with Gasteiger partial charge in [0.25, 0.3) is 0 Å². The second-order valence-corrected chi connectivity index (χ2v) is 5.68. The molecule has 1 heterocycles. The van der Waals surface area contributed by atoms with Crippen LogP contribution in [0.5, 0.6) is 0 Å². The molecule has 0 spiro atoms. The highest BCUT2D eigenvalue weighted by Gasteiger charge is 2.24.